The van der Waals surface area contributed by atoms with E-state index in [0.717, 1.165) is 0 Å². The van der Waals surface area contributed by atoms with Crippen LogP contribution in [0.3, 0.4) is 0 Å². The summed E-state index contributed by atoms with van der Waals surface area (Å²) in [5.74, 6) is -0.406. The summed E-state index contributed by atoms with van der Waals surface area (Å²) in [5, 5.41) is 1.72. The van der Waals surface area contributed by atoms with Crippen LogP contribution in [0.4, 0.5) is 0 Å². The third-order valence-corrected chi connectivity index (χ3v) is 7.47. The molecule has 2 rings (SSSR count). The number of hydrogen-bond acceptors (Lipinski definition) is 4. The molecular formula is C11H15BrN2O3S2. The van der Waals surface area contributed by atoms with Crippen molar-refractivity contribution in [2.75, 3.05) is 0 Å². The second-order valence-electron chi connectivity index (χ2n) is 4.63. The van der Waals surface area contributed by atoms with Gasteiger partial charge in [-0.3, -0.25) is 4.79 Å². The molecule has 0 unspecified atom stereocenters. The molecule has 1 amide bonds. The monoisotopic (exact) mass is 366 g/mol. The zero-order valence-corrected chi connectivity index (χ0v) is 13.4. The Hall–Kier alpha value is -0.440. The Morgan fingerprint density at radius 3 is 2.47 bits per heavy atom. The Labute approximate surface area is 124 Å². The van der Waals surface area contributed by atoms with Gasteiger partial charge in [0, 0.05) is 16.4 Å². The van der Waals surface area contributed by atoms with Crippen molar-refractivity contribution in [1.82, 2.24) is 4.72 Å². The minimum Gasteiger partial charge on any atom is -0.369 e. The number of hydrogen-bond donors (Lipinski definition) is 2. The van der Waals surface area contributed by atoms with Crippen LogP contribution < -0.4 is 10.5 Å². The van der Waals surface area contributed by atoms with E-state index in [0.29, 0.717) is 34.4 Å². The molecule has 5 nitrogen and oxygen atoms in total. The zero-order valence-electron chi connectivity index (χ0n) is 10.1. The maximum absolute atomic E-state index is 12.2. The van der Waals surface area contributed by atoms with E-state index in [2.05, 4.69) is 20.7 Å². The summed E-state index contributed by atoms with van der Waals surface area (Å²) in [4.78, 5) is 11.1. The molecule has 1 fully saturated rings. The minimum atomic E-state index is -3.48. The predicted molar refractivity (Wildman–Crippen MR) is 77.3 cm³/mol. The van der Waals surface area contributed by atoms with Crippen LogP contribution in [-0.4, -0.2) is 20.4 Å². The fourth-order valence-corrected chi connectivity index (χ4v) is 5.90. The first kappa shape index (κ1) is 15.0. The Morgan fingerprint density at radius 1 is 1.37 bits per heavy atom. The van der Waals surface area contributed by atoms with Gasteiger partial charge in [0.2, 0.25) is 5.91 Å². The minimum absolute atomic E-state index is 0.116. The SMILES string of the molecule is NC(=O)C1CCC(NS(=O)(=O)c2sccc2Br)CC1. The number of nitrogens with two attached hydrogens (primary N) is 1. The Balaban J connectivity index is 2.00. The average molecular weight is 367 g/mol. The van der Waals surface area contributed by atoms with Crippen molar-refractivity contribution in [2.45, 2.75) is 35.9 Å². The summed E-state index contributed by atoms with van der Waals surface area (Å²) in [6, 6.07) is 1.60. The van der Waals surface area contributed by atoms with E-state index in [1.165, 1.54) is 11.3 Å². The summed E-state index contributed by atoms with van der Waals surface area (Å²) in [6.07, 6.45) is 2.59. The Kier molecular flexibility index (Phi) is 4.65. The van der Waals surface area contributed by atoms with Gasteiger partial charge >= 0.3 is 0 Å². The van der Waals surface area contributed by atoms with Crippen LogP contribution >= 0.6 is 27.3 Å². The van der Waals surface area contributed by atoms with Crippen molar-refractivity contribution < 1.29 is 13.2 Å². The summed E-state index contributed by atoms with van der Waals surface area (Å²) in [6.45, 7) is 0. The lowest BCUT2D eigenvalue weighted by Crippen LogP contribution is -2.39. The van der Waals surface area contributed by atoms with Gasteiger partial charge < -0.3 is 5.73 Å². The van der Waals surface area contributed by atoms with E-state index in [9.17, 15) is 13.2 Å². The quantitative estimate of drug-likeness (QED) is 0.851. The molecule has 0 radical (unpaired) electrons. The largest absolute Gasteiger partial charge is 0.369 e. The topological polar surface area (TPSA) is 89.3 Å². The fraction of sp³-hybridized carbons (Fsp3) is 0.545. The van der Waals surface area contributed by atoms with Crippen LogP contribution in [0.15, 0.2) is 20.1 Å². The Bertz CT molecular complexity index is 562. The summed E-state index contributed by atoms with van der Waals surface area (Å²) < 4.78 is 27.9. The van der Waals surface area contributed by atoms with Crippen molar-refractivity contribution in [1.29, 1.82) is 0 Å². The van der Waals surface area contributed by atoms with Gasteiger partial charge in [-0.05, 0) is 53.1 Å². The van der Waals surface area contributed by atoms with Crippen LogP contribution in [0.25, 0.3) is 0 Å². The van der Waals surface area contributed by atoms with E-state index in [-0.39, 0.29) is 17.9 Å². The molecule has 0 atom stereocenters. The first-order chi connectivity index (χ1) is 8.90. The lowest BCUT2D eigenvalue weighted by molar-refractivity contribution is -0.122. The van der Waals surface area contributed by atoms with Gasteiger partial charge in [-0.15, -0.1) is 11.3 Å². The highest BCUT2D eigenvalue weighted by Gasteiger charge is 2.29. The highest BCUT2D eigenvalue weighted by atomic mass is 79.9. The molecule has 106 valence electrons. The summed E-state index contributed by atoms with van der Waals surface area (Å²) in [5.41, 5.74) is 5.25. The van der Waals surface area contributed by atoms with Crippen molar-refractivity contribution in [2.24, 2.45) is 11.7 Å². The molecule has 0 spiro atoms. The first-order valence-corrected chi connectivity index (χ1v) is 9.10. The summed E-state index contributed by atoms with van der Waals surface area (Å²) >= 11 is 4.40. The number of carbonyl (C=O) groups excluding carboxylic acids is 1. The van der Waals surface area contributed by atoms with E-state index in [4.69, 9.17) is 5.73 Å². The number of halogens is 1. The molecule has 0 saturated heterocycles. The molecule has 1 aromatic heterocycles. The molecule has 19 heavy (non-hydrogen) atoms. The van der Waals surface area contributed by atoms with Gasteiger partial charge in [-0.2, -0.15) is 0 Å². The van der Waals surface area contributed by atoms with Crippen LogP contribution in [-0.2, 0) is 14.8 Å². The smallest absolute Gasteiger partial charge is 0.251 e. The zero-order chi connectivity index (χ0) is 14.0. The van der Waals surface area contributed by atoms with Crippen LogP contribution in [0, 0.1) is 5.92 Å². The third kappa shape index (κ3) is 3.56. The molecule has 1 saturated carbocycles. The lowest BCUT2D eigenvalue weighted by Gasteiger charge is -2.26. The molecule has 0 bridgehead atoms. The number of rotatable bonds is 4. The molecule has 1 heterocycles. The normalized spacial score (nSPS) is 24.3. The van der Waals surface area contributed by atoms with Gasteiger partial charge in [0.05, 0.1) is 0 Å². The number of thiophene rings is 1. The number of primary amides is 1. The van der Waals surface area contributed by atoms with E-state index in [1.807, 2.05) is 0 Å². The number of nitrogens with one attached hydrogen (secondary N) is 1. The number of carbonyl (C=O) groups is 1. The number of sulfonamides is 1. The van der Waals surface area contributed by atoms with Gasteiger partial charge in [-0.25, -0.2) is 13.1 Å². The highest BCUT2D eigenvalue weighted by Crippen LogP contribution is 2.30. The lowest BCUT2D eigenvalue weighted by atomic mass is 9.86. The molecule has 1 aromatic rings. The maximum Gasteiger partial charge on any atom is 0.251 e. The van der Waals surface area contributed by atoms with Gasteiger partial charge in [0.25, 0.3) is 10.0 Å². The van der Waals surface area contributed by atoms with Crippen LogP contribution in [0.2, 0.25) is 0 Å². The number of amides is 1. The fourth-order valence-electron chi connectivity index (χ4n) is 2.24. The molecule has 1 aliphatic carbocycles. The van der Waals surface area contributed by atoms with Crippen molar-refractivity contribution in [3.05, 3.63) is 15.9 Å². The molecule has 0 aliphatic heterocycles. The second kappa shape index (κ2) is 5.90. The third-order valence-electron chi connectivity index (χ3n) is 3.28. The average Bonchev–Trinajstić information content (AvgIpc) is 2.76. The van der Waals surface area contributed by atoms with E-state index >= 15 is 0 Å². The molecule has 8 heteroatoms. The van der Waals surface area contributed by atoms with E-state index < -0.39 is 10.0 Å². The molecule has 1 aliphatic rings. The van der Waals surface area contributed by atoms with Crippen molar-refractivity contribution in [3.8, 4) is 0 Å². The van der Waals surface area contributed by atoms with E-state index in [1.54, 1.807) is 11.4 Å². The first-order valence-electron chi connectivity index (χ1n) is 5.95. The van der Waals surface area contributed by atoms with Crippen molar-refractivity contribution in [3.63, 3.8) is 0 Å². The summed E-state index contributed by atoms with van der Waals surface area (Å²) in [7, 11) is -3.48. The highest BCUT2D eigenvalue weighted by molar-refractivity contribution is 9.10. The van der Waals surface area contributed by atoms with Gasteiger partial charge in [-0.1, -0.05) is 0 Å². The Morgan fingerprint density at radius 2 is 2.00 bits per heavy atom. The van der Waals surface area contributed by atoms with Gasteiger partial charge in [0.1, 0.15) is 4.21 Å². The van der Waals surface area contributed by atoms with Crippen LogP contribution in [0.5, 0.6) is 0 Å². The molecular weight excluding hydrogens is 352 g/mol. The van der Waals surface area contributed by atoms with Gasteiger partial charge in [0.15, 0.2) is 0 Å². The molecule has 3 N–H and O–H groups in total. The van der Waals surface area contributed by atoms with Crippen molar-refractivity contribution >= 4 is 43.2 Å². The standard InChI is InChI=1S/C11H15BrN2O3S2/c12-9-5-6-18-11(9)19(16,17)14-8-3-1-7(2-4-8)10(13)15/h5-8,14H,1-4H2,(H2,13,15). The second-order valence-corrected chi connectivity index (χ2v) is 8.31. The maximum atomic E-state index is 12.2. The predicted octanol–water partition coefficient (Wildman–Crippen LogP) is 1.83. The molecule has 0 aromatic carbocycles. The van der Waals surface area contributed by atoms with Crippen LogP contribution in [0.1, 0.15) is 25.7 Å².